The van der Waals surface area contributed by atoms with Crippen molar-refractivity contribution >= 4 is 11.6 Å². The molecule has 0 aliphatic carbocycles. The molecule has 0 fully saturated rings. The topological polar surface area (TPSA) is 29.5 Å². The highest BCUT2D eigenvalue weighted by Crippen LogP contribution is 2.36. The molecule has 86 valence electrons. The minimum atomic E-state index is 0.103. The number of para-hydroxylation sites is 1. The summed E-state index contributed by atoms with van der Waals surface area (Å²) in [5.41, 5.74) is 2.27. The fourth-order valence-corrected chi connectivity index (χ4v) is 2.20. The summed E-state index contributed by atoms with van der Waals surface area (Å²) >= 11 is 0. The van der Waals surface area contributed by atoms with Gasteiger partial charge in [0, 0.05) is 31.7 Å². The molecule has 1 atom stereocenters. The maximum absolute atomic E-state index is 11.5. The van der Waals surface area contributed by atoms with Crippen molar-refractivity contribution in [3.05, 3.63) is 29.8 Å². The van der Waals surface area contributed by atoms with Gasteiger partial charge in [0.05, 0.1) is 6.61 Å². The predicted molar refractivity (Wildman–Crippen MR) is 63.7 cm³/mol. The van der Waals surface area contributed by atoms with E-state index in [4.69, 9.17) is 4.74 Å². The van der Waals surface area contributed by atoms with Gasteiger partial charge in [0.1, 0.15) is 0 Å². The minimum absolute atomic E-state index is 0.103. The quantitative estimate of drug-likeness (QED) is 0.779. The molecule has 1 aliphatic rings. The molecule has 1 aromatic rings. The van der Waals surface area contributed by atoms with Crippen LogP contribution in [0.1, 0.15) is 25.3 Å². The maximum Gasteiger partial charge on any atom is 0.223 e. The molecule has 0 N–H and O–H groups in total. The molecule has 0 saturated heterocycles. The van der Waals surface area contributed by atoms with Crippen molar-refractivity contribution < 1.29 is 9.53 Å². The van der Waals surface area contributed by atoms with Crippen LogP contribution in [0.4, 0.5) is 5.69 Å². The third-order valence-corrected chi connectivity index (χ3v) is 2.97. The monoisotopic (exact) mass is 219 g/mol. The summed E-state index contributed by atoms with van der Waals surface area (Å²) in [6.45, 7) is 5.76. The number of hydrogen-bond acceptors (Lipinski definition) is 2. The van der Waals surface area contributed by atoms with Crippen LogP contribution >= 0.6 is 0 Å². The average molecular weight is 219 g/mol. The number of rotatable bonds is 3. The van der Waals surface area contributed by atoms with E-state index in [-0.39, 0.29) is 5.91 Å². The van der Waals surface area contributed by atoms with Crippen molar-refractivity contribution in [1.82, 2.24) is 0 Å². The van der Waals surface area contributed by atoms with E-state index < -0.39 is 0 Å². The molecular formula is C13H17NO2. The molecule has 1 unspecified atom stereocenters. The standard InChI is InChI=1S/C13H17NO2/c1-3-16-9-11-8-14(10(2)15)13-7-5-4-6-12(11)13/h4-7,11H,3,8-9H2,1-2H3. The fourth-order valence-electron chi connectivity index (χ4n) is 2.20. The number of anilines is 1. The van der Waals surface area contributed by atoms with E-state index in [1.807, 2.05) is 30.0 Å². The number of carbonyl (C=O) groups excluding carboxylic acids is 1. The van der Waals surface area contributed by atoms with Gasteiger partial charge < -0.3 is 9.64 Å². The van der Waals surface area contributed by atoms with Crippen molar-refractivity contribution in [2.45, 2.75) is 19.8 Å². The van der Waals surface area contributed by atoms with Crippen LogP contribution in [0.3, 0.4) is 0 Å². The zero-order valence-electron chi connectivity index (χ0n) is 9.77. The smallest absolute Gasteiger partial charge is 0.223 e. The molecule has 3 heteroatoms. The highest BCUT2D eigenvalue weighted by atomic mass is 16.5. The lowest BCUT2D eigenvalue weighted by molar-refractivity contribution is -0.116. The van der Waals surface area contributed by atoms with Gasteiger partial charge in [-0.15, -0.1) is 0 Å². The van der Waals surface area contributed by atoms with Gasteiger partial charge in [-0.25, -0.2) is 0 Å². The van der Waals surface area contributed by atoms with E-state index >= 15 is 0 Å². The van der Waals surface area contributed by atoms with Crippen LogP contribution in [-0.4, -0.2) is 25.7 Å². The zero-order valence-corrected chi connectivity index (χ0v) is 9.77. The summed E-state index contributed by atoms with van der Waals surface area (Å²) in [5, 5.41) is 0. The largest absolute Gasteiger partial charge is 0.381 e. The summed E-state index contributed by atoms with van der Waals surface area (Å²) in [6.07, 6.45) is 0. The van der Waals surface area contributed by atoms with Gasteiger partial charge in [-0.05, 0) is 18.6 Å². The Kier molecular flexibility index (Phi) is 3.25. The second-order valence-corrected chi connectivity index (χ2v) is 4.04. The van der Waals surface area contributed by atoms with Crippen molar-refractivity contribution in [3.63, 3.8) is 0 Å². The van der Waals surface area contributed by atoms with Crippen LogP contribution in [0.25, 0.3) is 0 Å². The minimum Gasteiger partial charge on any atom is -0.381 e. The van der Waals surface area contributed by atoms with Crippen LogP contribution in [-0.2, 0) is 9.53 Å². The Morgan fingerprint density at radius 2 is 2.25 bits per heavy atom. The first kappa shape index (κ1) is 11.1. The number of carbonyl (C=O) groups is 1. The Hall–Kier alpha value is -1.35. The highest BCUT2D eigenvalue weighted by Gasteiger charge is 2.30. The molecular weight excluding hydrogens is 202 g/mol. The lowest BCUT2D eigenvalue weighted by Gasteiger charge is -2.15. The Bertz CT molecular complexity index is 389. The predicted octanol–water partition coefficient (Wildman–Crippen LogP) is 2.17. The second kappa shape index (κ2) is 4.66. The fraction of sp³-hybridized carbons (Fsp3) is 0.462. The molecule has 0 bridgehead atoms. The molecule has 0 radical (unpaired) electrons. The van der Waals surface area contributed by atoms with E-state index in [0.717, 1.165) is 18.8 Å². The first-order valence-corrected chi connectivity index (χ1v) is 5.68. The zero-order chi connectivity index (χ0) is 11.5. The number of fused-ring (bicyclic) bond motifs is 1. The van der Waals surface area contributed by atoms with Crippen LogP contribution in [0.2, 0.25) is 0 Å². The van der Waals surface area contributed by atoms with E-state index in [2.05, 4.69) is 6.07 Å². The lowest BCUT2D eigenvalue weighted by atomic mass is 10.0. The van der Waals surface area contributed by atoms with Crippen LogP contribution in [0.5, 0.6) is 0 Å². The van der Waals surface area contributed by atoms with Crippen molar-refractivity contribution in [3.8, 4) is 0 Å². The molecule has 1 aliphatic heterocycles. The van der Waals surface area contributed by atoms with E-state index in [1.165, 1.54) is 5.56 Å². The third kappa shape index (κ3) is 1.95. The van der Waals surface area contributed by atoms with E-state index in [1.54, 1.807) is 6.92 Å². The van der Waals surface area contributed by atoms with E-state index in [9.17, 15) is 4.79 Å². The van der Waals surface area contributed by atoms with Crippen molar-refractivity contribution in [2.24, 2.45) is 0 Å². The van der Waals surface area contributed by atoms with Crippen LogP contribution < -0.4 is 4.90 Å². The lowest BCUT2D eigenvalue weighted by Crippen LogP contribution is -2.27. The molecule has 1 heterocycles. The number of amides is 1. The Morgan fingerprint density at radius 1 is 1.50 bits per heavy atom. The highest BCUT2D eigenvalue weighted by molar-refractivity contribution is 5.94. The van der Waals surface area contributed by atoms with Gasteiger partial charge in [0.15, 0.2) is 0 Å². The first-order valence-electron chi connectivity index (χ1n) is 5.68. The number of nitrogens with zero attached hydrogens (tertiary/aromatic N) is 1. The average Bonchev–Trinajstić information content (AvgIpc) is 2.65. The van der Waals surface area contributed by atoms with Gasteiger partial charge in [-0.2, -0.15) is 0 Å². The normalized spacial score (nSPS) is 18.6. The van der Waals surface area contributed by atoms with Gasteiger partial charge >= 0.3 is 0 Å². The Morgan fingerprint density at radius 3 is 2.94 bits per heavy atom. The number of ether oxygens (including phenoxy) is 1. The van der Waals surface area contributed by atoms with Gasteiger partial charge in [-0.1, -0.05) is 18.2 Å². The van der Waals surface area contributed by atoms with Crippen molar-refractivity contribution in [1.29, 1.82) is 0 Å². The maximum atomic E-state index is 11.5. The van der Waals surface area contributed by atoms with E-state index in [0.29, 0.717) is 12.5 Å². The summed E-state index contributed by atoms with van der Waals surface area (Å²) < 4.78 is 5.46. The molecule has 0 aromatic heterocycles. The number of hydrogen-bond donors (Lipinski definition) is 0. The Balaban J connectivity index is 2.24. The first-order chi connectivity index (χ1) is 7.74. The van der Waals surface area contributed by atoms with Crippen LogP contribution in [0, 0.1) is 0 Å². The molecule has 16 heavy (non-hydrogen) atoms. The summed E-state index contributed by atoms with van der Waals surface area (Å²) in [4.78, 5) is 13.3. The molecule has 0 spiro atoms. The summed E-state index contributed by atoms with van der Waals surface area (Å²) in [7, 11) is 0. The molecule has 1 aromatic carbocycles. The van der Waals surface area contributed by atoms with Crippen molar-refractivity contribution in [2.75, 3.05) is 24.7 Å². The van der Waals surface area contributed by atoms with Gasteiger partial charge in [0.25, 0.3) is 0 Å². The van der Waals surface area contributed by atoms with Gasteiger partial charge in [-0.3, -0.25) is 4.79 Å². The van der Waals surface area contributed by atoms with Gasteiger partial charge in [0.2, 0.25) is 5.91 Å². The SMILES string of the molecule is CCOCC1CN(C(C)=O)c2ccccc21. The third-order valence-electron chi connectivity index (χ3n) is 2.97. The van der Waals surface area contributed by atoms with Crippen LogP contribution in [0.15, 0.2) is 24.3 Å². The summed E-state index contributed by atoms with van der Waals surface area (Å²) in [5.74, 6) is 0.423. The molecule has 3 nitrogen and oxygen atoms in total. The number of benzene rings is 1. The molecule has 2 rings (SSSR count). The molecule has 0 saturated carbocycles. The summed E-state index contributed by atoms with van der Waals surface area (Å²) in [6, 6.07) is 8.07. The second-order valence-electron chi connectivity index (χ2n) is 4.04. The Labute approximate surface area is 96.0 Å². The molecule has 1 amide bonds.